The molecule has 1 atom stereocenters. The van der Waals surface area contributed by atoms with Crippen molar-refractivity contribution in [2.45, 2.75) is 44.8 Å². The van der Waals surface area contributed by atoms with Gasteiger partial charge < -0.3 is 15.0 Å². The molecule has 0 spiro atoms. The van der Waals surface area contributed by atoms with Crippen LogP contribution >= 0.6 is 0 Å². The number of ether oxygens (including phenoxy) is 1. The summed E-state index contributed by atoms with van der Waals surface area (Å²) in [6.07, 6.45) is 3.13. The van der Waals surface area contributed by atoms with Crippen molar-refractivity contribution in [3.8, 4) is 0 Å². The molecule has 0 radical (unpaired) electrons. The van der Waals surface area contributed by atoms with Crippen LogP contribution in [0.15, 0.2) is 4.52 Å². The summed E-state index contributed by atoms with van der Waals surface area (Å²) in [6.45, 7) is 4.55. The van der Waals surface area contributed by atoms with Crippen LogP contribution < -0.4 is 5.73 Å². The van der Waals surface area contributed by atoms with Crippen molar-refractivity contribution in [2.75, 3.05) is 6.61 Å². The molecule has 0 saturated carbocycles. The lowest BCUT2D eigenvalue weighted by Crippen LogP contribution is -2.30. The Morgan fingerprint density at radius 1 is 1.53 bits per heavy atom. The van der Waals surface area contributed by atoms with Gasteiger partial charge in [0, 0.05) is 6.61 Å². The van der Waals surface area contributed by atoms with Crippen LogP contribution in [0.25, 0.3) is 0 Å². The molecule has 0 amide bonds. The predicted octanol–water partition coefficient (Wildman–Crippen LogP) is 0.985. The molecule has 5 heteroatoms. The highest BCUT2D eigenvalue weighted by Gasteiger charge is 2.24. The van der Waals surface area contributed by atoms with Crippen molar-refractivity contribution in [2.24, 2.45) is 5.73 Å². The molecule has 1 aliphatic heterocycles. The summed E-state index contributed by atoms with van der Waals surface area (Å²) in [4.78, 5) is 4.26. The normalized spacial score (nSPS) is 22.2. The van der Waals surface area contributed by atoms with E-state index in [1.807, 2.05) is 13.8 Å². The smallest absolute Gasteiger partial charge is 0.229 e. The molecule has 2 rings (SSSR count). The third kappa shape index (κ3) is 2.54. The molecule has 84 valence electrons. The molecule has 2 heterocycles. The Kier molecular flexibility index (Phi) is 2.75. The van der Waals surface area contributed by atoms with E-state index in [1.165, 1.54) is 0 Å². The quantitative estimate of drug-likeness (QED) is 0.806. The van der Waals surface area contributed by atoms with Crippen LogP contribution in [-0.4, -0.2) is 22.9 Å². The van der Waals surface area contributed by atoms with Crippen LogP contribution in [-0.2, 0) is 16.7 Å². The number of aromatic nitrogens is 2. The fourth-order valence-electron chi connectivity index (χ4n) is 1.60. The fraction of sp³-hybridized carbons (Fsp3) is 0.800. The van der Waals surface area contributed by atoms with Gasteiger partial charge in [0.05, 0.1) is 18.1 Å². The van der Waals surface area contributed by atoms with Crippen molar-refractivity contribution in [1.82, 2.24) is 10.1 Å². The highest BCUT2D eigenvalue weighted by atomic mass is 16.5. The van der Waals surface area contributed by atoms with Crippen molar-refractivity contribution in [3.05, 3.63) is 11.7 Å². The summed E-state index contributed by atoms with van der Waals surface area (Å²) in [5, 5.41) is 3.86. The van der Waals surface area contributed by atoms with E-state index in [0.29, 0.717) is 18.1 Å². The van der Waals surface area contributed by atoms with E-state index in [0.717, 1.165) is 19.4 Å². The van der Waals surface area contributed by atoms with Gasteiger partial charge in [-0.15, -0.1) is 0 Å². The minimum atomic E-state index is -0.543. The lowest BCUT2D eigenvalue weighted by molar-refractivity contribution is 0.104. The molecule has 1 unspecified atom stereocenters. The Hall–Kier alpha value is -0.940. The zero-order valence-electron chi connectivity index (χ0n) is 9.19. The van der Waals surface area contributed by atoms with E-state index in [-0.39, 0.29) is 6.10 Å². The van der Waals surface area contributed by atoms with Gasteiger partial charge in [-0.2, -0.15) is 4.98 Å². The Labute approximate surface area is 89.0 Å². The van der Waals surface area contributed by atoms with Crippen LogP contribution in [0.1, 0.15) is 38.4 Å². The monoisotopic (exact) mass is 211 g/mol. The summed E-state index contributed by atoms with van der Waals surface area (Å²) >= 11 is 0. The molecule has 0 aliphatic carbocycles. The summed E-state index contributed by atoms with van der Waals surface area (Å²) in [5.74, 6) is 1.17. The molecule has 15 heavy (non-hydrogen) atoms. The highest BCUT2D eigenvalue weighted by molar-refractivity contribution is 4.99. The maximum atomic E-state index is 5.86. The van der Waals surface area contributed by atoms with Gasteiger partial charge >= 0.3 is 0 Å². The first-order valence-corrected chi connectivity index (χ1v) is 5.29. The maximum absolute atomic E-state index is 5.86. The van der Waals surface area contributed by atoms with E-state index in [2.05, 4.69) is 10.1 Å². The lowest BCUT2D eigenvalue weighted by atomic mass is 10.1. The molecule has 2 N–H and O–H groups in total. The predicted molar refractivity (Wildman–Crippen MR) is 54.2 cm³/mol. The fourth-order valence-corrected chi connectivity index (χ4v) is 1.60. The molecule has 1 aromatic rings. The van der Waals surface area contributed by atoms with Gasteiger partial charge in [0.2, 0.25) is 5.89 Å². The topological polar surface area (TPSA) is 74.2 Å². The van der Waals surface area contributed by atoms with Crippen LogP contribution in [0.2, 0.25) is 0 Å². The van der Waals surface area contributed by atoms with Crippen LogP contribution in [0.5, 0.6) is 0 Å². The molecule has 0 aromatic carbocycles. The van der Waals surface area contributed by atoms with E-state index in [9.17, 15) is 0 Å². The first kappa shape index (κ1) is 10.6. The van der Waals surface area contributed by atoms with Gasteiger partial charge in [-0.25, -0.2) is 0 Å². The van der Waals surface area contributed by atoms with E-state index < -0.39 is 5.54 Å². The largest absolute Gasteiger partial charge is 0.378 e. The Balaban J connectivity index is 2.00. The van der Waals surface area contributed by atoms with Gasteiger partial charge in [-0.05, 0) is 26.7 Å². The Bertz CT molecular complexity index is 324. The molecular formula is C10H17N3O2. The first-order valence-electron chi connectivity index (χ1n) is 5.29. The number of nitrogens with zero attached hydrogens (tertiary/aromatic N) is 2. The van der Waals surface area contributed by atoms with E-state index in [1.54, 1.807) is 0 Å². The van der Waals surface area contributed by atoms with Gasteiger partial charge in [0.25, 0.3) is 0 Å². The van der Waals surface area contributed by atoms with Gasteiger partial charge in [-0.1, -0.05) is 5.16 Å². The summed E-state index contributed by atoms with van der Waals surface area (Å²) in [5.41, 5.74) is 5.32. The lowest BCUT2D eigenvalue weighted by Gasteiger charge is -2.11. The summed E-state index contributed by atoms with van der Waals surface area (Å²) in [6, 6.07) is 0. The Morgan fingerprint density at radius 2 is 2.33 bits per heavy atom. The van der Waals surface area contributed by atoms with E-state index >= 15 is 0 Å². The minimum absolute atomic E-state index is 0.235. The standard InChI is InChI=1S/C10H17N3O2/c1-10(2,11)9-12-8(15-13-9)6-7-4-3-5-14-7/h7H,3-6,11H2,1-2H3. The summed E-state index contributed by atoms with van der Waals surface area (Å²) < 4.78 is 10.6. The molecule has 0 bridgehead atoms. The zero-order valence-corrected chi connectivity index (χ0v) is 9.19. The van der Waals surface area contributed by atoms with Gasteiger partial charge in [0.1, 0.15) is 0 Å². The SMILES string of the molecule is CC(C)(N)c1noc(CC2CCCO2)n1. The molecule has 1 fully saturated rings. The van der Waals surface area contributed by atoms with Crippen molar-refractivity contribution >= 4 is 0 Å². The second kappa shape index (κ2) is 3.90. The third-order valence-electron chi connectivity index (χ3n) is 2.47. The first-order chi connectivity index (χ1) is 7.05. The molecule has 1 aromatic heterocycles. The van der Waals surface area contributed by atoms with Gasteiger partial charge in [0.15, 0.2) is 5.82 Å². The van der Waals surface area contributed by atoms with Crippen LogP contribution in [0.4, 0.5) is 0 Å². The molecule has 1 saturated heterocycles. The average molecular weight is 211 g/mol. The molecule has 5 nitrogen and oxygen atoms in total. The number of hydrogen-bond acceptors (Lipinski definition) is 5. The minimum Gasteiger partial charge on any atom is -0.378 e. The Morgan fingerprint density at radius 3 is 2.87 bits per heavy atom. The van der Waals surface area contributed by atoms with Gasteiger partial charge in [-0.3, -0.25) is 0 Å². The highest BCUT2D eigenvalue weighted by Crippen LogP contribution is 2.18. The zero-order chi connectivity index (χ0) is 10.9. The number of nitrogens with two attached hydrogens (primary N) is 1. The summed E-state index contributed by atoms with van der Waals surface area (Å²) in [7, 11) is 0. The number of rotatable bonds is 3. The maximum Gasteiger partial charge on any atom is 0.229 e. The van der Waals surface area contributed by atoms with Crippen LogP contribution in [0, 0.1) is 0 Å². The van der Waals surface area contributed by atoms with Crippen LogP contribution in [0.3, 0.4) is 0 Å². The molecule has 1 aliphatic rings. The second-order valence-corrected chi connectivity index (χ2v) is 4.57. The van der Waals surface area contributed by atoms with Crippen molar-refractivity contribution in [3.63, 3.8) is 0 Å². The number of hydrogen-bond donors (Lipinski definition) is 1. The average Bonchev–Trinajstić information content (AvgIpc) is 2.73. The molecular weight excluding hydrogens is 194 g/mol. The van der Waals surface area contributed by atoms with Crippen molar-refractivity contribution < 1.29 is 9.26 Å². The van der Waals surface area contributed by atoms with Crippen molar-refractivity contribution in [1.29, 1.82) is 0 Å². The van der Waals surface area contributed by atoms with E-state index in [4.69, 9.17) is 15.0 Å². The second-order valence-electron chi connectivity index (χ2n) is 4.57. The third-order valence-corrected chi connectivity index (χ3v) is 2.47.